The largest absolute Gasteiger partial charge is 0.366 e. The standard InChI is InChI=1S/C11H15NO/c1-3-5-6-7-8-9-10(4-2)11(12)13/h3-8H,1,9H2,2H3,(H2,12,13). The molecule has 0 saturated heterocycles. The van der Waals surface area contributed by atoms with Crippen molar-refractivity contribution in [3.63, 3.8) is 0 Å². The third kappa shape index (κ3) is 5.67. The van der Waals surface area contributed by atoms with Crippen molar-refractivity contribution in [3.8, 4) is 0 Å². The smallest absolute Gasteiger partial charge is 0.244 e. The zero-order valence-electron chi connectivity index (χ0n) is 7.86. The molecule has 0 aliphatic rings. The molecule has 1 amide bonds. The topological polar surface area (TPSA) is 43.1 Å². The Morgan fingerprint density at radius 2 is 2.08 bits per heavy atom. The van der Waals surface area contributed by atoms with Crippen molar-refractivity contribution in [1.29, 1.82) is 0 Å². The summed E-state index contributed by atoms with van der Waals surface area (Å²) in [6.07, 6.45) is 11.4. The van der Waals surface area contributed by atoms with Crippen LogP contribution < -0.4 is 5.73 Å². The van der Waals surface area contributed by atoms with E-state index < -0.39 is 0 Å². The van der Waals surface area contributed by atoms with Gasteiger partial charge in [-0.1, -0.05) is 43.0 Å². The summed E-state index contributed by atoms with van der Waals surface area (Å²) in [6.45, 7) is 5.33. The summed E-state index contributed by atoms with van der Waals surface area (Å²) in [7, 11) is 0. The molecule has 0 unspecified atom stereocenters. The maximum atomic E-state index is 10.7. The number of carbonyl (C=O) groups is 1. The van der Waals surface area contributed by atoms with Crippen molar-refractivity contribution in [2.45, 2.75) is 13.3 Å². The minimum Gasteiger partial charge on any atom is -0.366 e. The number of nitrogens with two attached hydrogens (primary N) is 1. The molecule has 0 aromatic rings. The van der Waals surface area contributed by atoms with Crippen LogP contribution in [0.5, 0.6) is 0 Å². The summed E-state index contributed by atoms with van der Waals surface area (Å²) in [5.41, 5.74) is 5.74. The van der Waals surface area contributed by atoms with E-state index in [0.29, 0.717) is 12.0 Å². The number of allylic oxidation sites excluding steroid dienone is 6. The molecule has 0 aliphatic heterocycles. The normalized spacial score (nSPS) is 12.5. The molecule has 2 heteroatoms. The van der Waals surface area contributed by atoms with Crippen molar-refractivity contribution in [3.05, 3.63) is 48.6 Å². The van der Waals surface area contributed by atoms with Crippen LogP contribution in [0.3, 0.4) is 0 Å². The van der Waals surface area contributed by atoms with Crippen LogP contribution in [0, 0.1) is 0 Å². The second-order valence-corrected chi connectivity index (χ2v) is 2.43. The monoisotopic (exact) mass is 177 g/mol. The van der Waals surface area contributed by atoms with E-state index >= 15 is 0 Å². The summed E-state index contributed by atoms with van der Waals surface area (Å²) in [5.74, 6) is -0.361. The minimum atomic E-state index is -0.361. The van der Waals surface area contributed by atoms with Crippen molar-refractivity contribution in [1.82, 2.24) is 0 Å². The fraction of sp³-hybridized carbons (Fsp3) is 0.182. The third-order valence-electron chi connectivity index (χ3n) is 1.50. The van der Waals surface area contributed by atoms with Gasteiger partial charge in [0.2, 0.25) is 5.91 Å². The molecule has 70 valence electrons. The first-order chi connectivity index (χ1) is 6.22. The number of hydrogen-bond donors (Lipinski definition) is 1. The predicted molar refractivity (Wildman–Crippen MR) is 56.0 cm³/mol. The molecule has 0 heterocycles. The summed E-state index contributed by atoms with van der Waals surface area (Å²) >= 11 is 0. The molecule has 0 rings (SSSR count). The van der Waals surface area contributed by atoms with Crippen LogP contribution in [0.4, 0.5) is 0 Å². The number of hydrogen-bond acceptors (Lipinski definition) is 1. The summed E-state index contributed by atoms with van der Waals surface area (Å²) in [5, 5.41) is 0. The third-order valence-corrected chi connectivity index (χ3v) is 1.50. The minimum absolute atomic E-state index is 0.361. The molecular weight excluding hydrogens is 162 g/mol. The zero-order chi connectivity index (χ0) is 10.1. The molecule has 2 nitrogen and oxygen atoms in total. The van der Waals surface area contributed by atoms with Crippen LogP contribution in [0.25, 0.3) is 0 Å². The number of carbonyl (C=O) groups excluding carboxylic acids is 1. The second kappa shape index (κ2) is 7.10. The molecular formula is C11H15NO. The fourth-order valence-electron chi connectivity index (χ4n) is 0.777. The van der Waals surface area contributed by atoms with Gasteiger partial charge in [-0.25, -0.2) is 0 Å². The van der Waals surface area contributed by atoms with Crippen molar-refractivity contribution < 1.29 is 4.79 Å². The van der Waals surface area contributed by atoms with Crippen molar-refractivity contribution >= 4 is 5.91 Å². The summed E-state index contributed by atoms with van der Waals surface area (Å²) < 4.78 is 0. The van der Waals surface area contributed by atoms with Gasteiger partial charge in [0.05, 0.1) is 0 Å². The Bertz CT molecular complexity index is 259. The van der Waals surface area contributed by atoms with Gasteiger partial charge in [-0.2, -0.15) is 0 Å². The lowest BCUT2D eigenvalue weighted by molar-refractivity contribution is -0.114. The molecule has 0 radical (unpaired) electrons. The van der Waals surface area contributed by atoms with Gasteiger partial charge >= 0.3 is 0 Å². The Balaban J connectivity index is 4.00. The van der Waals surface area contributed by atoms with Gasteiger partial charge in [0.25, 0.3) is 0 Å². The van der Waals surface area contributed by atoms with E-state index in [0.717, 1.165) is 0 Å². The van der Waals surface area contributed by atoms with Gasteiger partial charge in [-0.05, 0) is 13.3 Å². The molecule has 13 heavy (non-hydrogen) atoms. The van der Waals surface area contributed by atoms with Gasteiger partial charge in [-0.3, -0.25) is 4.79 Å². The summed E-state index contributed by atoms with van der Waals surface area (Å²) in [6, 6.07) is 0. The van der Waals surface area contributed by atoms with E-state index in [1.165, 1.54) is 0 Å². The average molecular weight is 177 g/mol. The number of primary amides is 1. The van der Waals surface area contributed by atoms with E-state index in [1.807, 2.05) is 24.3 Å². The Labute approximate surface area is 79.1 Å². The van der Waals surface area contributed by atoms with Crippen LogP contribution in [-0.4, -0.2) is 5.91 Å². The first-order valence-electron chi connectivity index (χ1n) is 4.11. The second-order valence-electron chi connectivity index (χ2n) is 2.43. The van der Waals surface area contributed by atoms with Crippen molar-refractivity contribution in [2.75, 3.05) is 0 Å². The van der Waals surface area contributed by atoms with E-state index in [4.69, 9.17) is 5.73 Å². The van der Waals surface area contributed by atoms with E-state index in [1.54, 1.807) is 19.1 Å². The molecule has 0 aromatic carbocycles. The maximum absolute atomic E-state index is 10.7. The fourth-order valence-corrected chi connectivity index (χ4v) is 0.777. The molecule has 0 atom stereocenters. The van der Waals surface area contributed by atoms with Crippen molar-refractivity contribution in [2.24, 2.45) is 5.73 Å². The van der Waals surface area contributed by atoms with Crippen LogP contribution in [-0.2, 0) is 4.79 Å². The Kier molecular flexibility index (Phi) is 6.24. The first kappa shape index (κ1) is 11.4. The van der Waals surface area contributed by atoms with Gasteiger partial charge in [-0.15, -0.1) is 0 Å². The van der Waals surface area contributed by atoms with Crippen LogP contribution in [0.2, 0.25) is 0 Å². The molecule has 0 bridgehead atoms. The lowest BCUT2D eigenvalue weighted by Crippen LogP contribution is -2.13. The number of amides is 1. The summed E-state index contributed by atoms with van der Waals surface area (Å²) in [4.78, 5) is 10.7. The molecule has 0 fully saturated rings. The van der Waals surface area contributed by atoms with E-state index in [-0.39, 0.29) is 5.91 Å². The van der Waals surface area contributed by atoms with Gasteiger partial charge in [0.15, 0.2) is 0 Å². The lowest BCUT2D eigenvalue weighted by Gasteiger charge is -1.95. The van der Waals surface area contributed by atoms with Gasteiger partial charge < -0.3 is 5.73 Å². The lowest BCUT2D eigenvalue weighted by atomic mass is 10.1. The Hall–Kier alpha value is -1.57. The predicted octanol–water partition coefficient (Wildman–Crippen LogP) is 2.11. The van der Waals surface area contributed by atoms with Crippen LogP contribution >= 0.6 is 0 Å². The van der Waals surface area contributed by atoms with E-state index in [9.17, 15) is 4.79 Å². The highest BCUT2D eigenvalue weighted by molar-refractivity contribution is 5.92. The Morgan fingerprint density at radius 3 is 2.54 bits per heavy atom. The van der Waals surface area contributed by atoms with Crippen LogP contribution in [0.15, 0.2) is 48.6 Å². The first-order valence-corrected chi connectivity index (χ1v) is 4.11. The molecule has 0 aromatic heterocycles. The highest BCUT2D eigenvalue weighted by Crippen LogP contribution is 2.00. The molecule has 0 aliphatic carbocycles. The highest BCUT2D eigenvalue weighted by Gasteiger charge is 1.98. The van der Waals surface area contributed by atoms with E-state index in [2.05, 4.69) is 6.58 Å². The molecule has 2 N–H and O–H groups in total. The average Bonchev–Trinajstić information content (AvgIpc) is 2.10. The highest BCUT2D eigenvalue weighted by atomic mass is 16.1. The SMILES string of the molecule is C=CC=CC=CCC(=CC)C(N)=O. The number of rotatable bonds is 5. The van der Waals surface area contributed by atoms with Gasteiger partial charge in [0.1, 0.15) is 0 Å². The maximum Gasteiger partial charge on any atom is 0.244 e. The molecule has 0 spiro atoms. The zero-order valence-corrected chi connectivity index (χ0v) is 7.86. The Morgan fingerprint density at radius 1 is 1.38 bits per heavy atom. The van der Waals surface area contributed by atoms with Gasteiger partial charge in [0, 0.05) is 5.57 Å². The molecule has 0 saturated carbocycles. The quantitative estimate of drug-likeness (QED) is 0.507. The van der Waals surface area contributed by atoms with Crippen LogP contribution in [0.1, 0.15) is 13.3 Å².